The van der Waals surface area contributed by atoms with E-state index in [4.69, 9.17) is 4.74 Å². The Hall–Kier alpha value is -1.26. The molecule has 2 heterocycles. The van der Waals surface area contributed by atoms with Gasteiger partial charge in [0.05, 0.1) is 34.4 Å². The summed E-state index contributed by atoms with van der Waals surface area (Å²) in [6, 6.07) is 4.98. The lowest BCUT2D eigenvalue weighted by atomic mass is 10.3. The summed E-state index contributed by atoms with van der Waals surface area (Å²) < 4.78 is 32.9. The summed E-state index contributed by atoms with van der Waals surface area (Å²) in [5.74, 6) is 0. The number of nitrogens with zero attached hydrogens (tertiary/aromatic N) is 2. The maximum Gasteiger partial charge on any atom is 0.243 e. The van der Waals surface area contributed by atoms with Crippen molar-refractivity contribution in [3.8, 4) is 0 Å². The Morgan fingerprint density at radius 3 is 2.88 bits per heavy atom. The first kappa shape index (κ1) is 17.6. The average molecular weight is 371 g/mol. The molecular weight excluding hydrogens is 350 g/mol. The maximum absolute atomic E-state index is 12.7. The molecule has 24 heavy (non-hydrogen) atoms. The van der Waals surface area contributed by atoms with Gasteiger partial charge in [-0.1, -0.05) is 18.3 Å². The fourth-order valence-corrected chi connectivity index (χ4v) is 4.85. The second-order valence-corrected chi connectivity index (χ2v) is 8.58. The number of aliphatic hydroxyl groups is 1. The van der Waals surface area contributed by atoms with Crippen molar-refractivity contribution in [1.82, 2.24) is 9.29 Å². The number of morpholine rings is 1. The van der Waals surface area contributed by atoms with Gasteiger partial charge in [0, 0.05) is 19.6 Å². The minimum Gasteiger partial charge on any atom is -0.391 e. The van der Waals surface area contributed by atoms with Crippen molar-refractivity contribution in [2.24, 2.45) is 0 Å². The van der Waals surface area contributed by atoms with E-state index in [1.807, 2.05) is 6.92 Å². The van der Waals surface area contributed by atoms with Gasteiger partial charge < -0.3 is 15.2 Å². The number of rotatable bonds is 6. The van der Waals surface area contributed by atoms with Gasteiger partial charge >= 0.3 is 0 Å². The van der Waals surface area contributed by atoms with Crippen LogP contribution in [0.1, 0.15) is 13.3 Å². The SMILES string of the molecule is CCC(O)CNc1nc2ccc(S(=O)(=O)N3CCOCC3)cc2s1. The number of hydrogen-bond donors (Lipinski definition) is 2. The zero-order valence-electron chi connectivity index (χ0n) is 13.4. The largest absolute Gasteiger partial charge is 0.391 e. The first-order valence-electron chi connectivity index (χ1n) is 7.91. The van der Waals surface area contributed by atoms with Gasteiger partial charge in [-0.25, -0.2) is 13.4 Å². The number of aliphatic hydroxyl groups excluding tert-OH is 1. The highest BCUT2D eigenvalue weighted by Gasteiger charge is 2.26. The van der Waals surface area contributed by atoms with E-state index in [9.17, 15) is 13.5 Å². The average Bonchev–Trinajstić information content (AvgIpc) is 3.02. The van der Waals surface area contributed by atoms with Crippen molar-refractivity contribution in [3.63, 3.8) is 0 Å². The fraction of sp³-hybridized carbons (Fsp3) is 0.533. The van der Waals surface area contributed by atoms with Crippen LogP contribution in [0.2, 0.25) is 0 Å². The zero-order valence-corrected chi connectivity index (χ0v) is 15.1. The number of fused-ring (bicyclic) bond motifs is 1. The Balaban J connectivity index is 1.82. The summed E-state index contributed by atoms with van der Waals surface area (Å²) in [6.07, 6.45) is 0.245. The van der Waals surface area contributed by atoms with Gasteiger partial charge in [-0.3, -0.25) is 0 Å². The van der Waals surface area contributed by atoms with E-state index in [0.29, 0.717) is 44.4 Å². The van der Waals surface area contributed by atoms with Gasteiger partial charge in [0.2, 0.25) is 10.0 Å². The first-order chi connectivity index (χ1) is 11.5. The molecule has 3 rings (SSSR count). The van der Waals surface area contributed by atoms with Crippen LogP contribution < -0.4 is 5.32 Å². The Bertz CT molecular complexity index is 800. The van der Waals surface area contributed by atoms with Crippen LogP contribution in [0.25, 0.3) is 10.2 Å². The summed E-state index contributed by atoms with van der Waals surface area (Å²) >= 11 is 1.39. The standard InChI is InChI=1S/C15H21N3O4S2/c1-2-11(19)10-16-15-17-13-4-3-12(9-14(13)23-15)24(20,21)18-5-7-22-8-6-18/h3-4,9,11,19H,2,5-8,10H2,1H3,(H,16,17). The van der Waals surface area contributed by atoms with Crippen LogP contribution in [0.4, 0.5) is 5.13 Å². The Morgan fingerprint density at radius 2 is 2.17 bits per heavy atom. The Morgan fingerprint density at radius 1 is 1.42 bits per heavy atom. The van der Waals surface area contributed by atoms with Gasteiger partial charge in [0.25, 0.3) is 0 Å². The number of benzene rings is 1. The number of aromatic nitrogens is 1. The summed E-state index contributed by atoms with van der Waals surface area (Å²) in [4.78, 5) is 4.70. The van der Waals surface area contributed by atoms with Crippen LogP contribution >= 0.6 is 11.3 Å². The highest BCUT2D eigenvalue weighted by atomic mass is 32.2. The molecule has 7 nitrogen and oxygen atoms in total. The number of ether oxygens (including phenoxy) is 1. The zero-order chi connectivity index (χ0) is 17.2. The minimum atomic E-state index is -3.50. The van der Waals surface area contributed by atoms with Crippen LogP contribution in [-0.2, 0) is 14.8 Å². The van der Waals surface area contributed by atoms with Gasteiger partial charge in [0.15, 0.2) is 5.13 Å². The van der Waals surface area contributed by atoms with Crippen molar-refractivity contribution in [3.05, 3.63) is 18.2 Å². The summed E-state index contributed by atoms with van der Waals surface area (Å²) in [5, 5.41) is 13.4. The second-order valence-electron chi connectivity index (χ2n) is 5.61. The normalized spacial score (nSPS) is 17.9. The number of sulfonamides is 1. The topological polar surface area (TPSA) is 91.8 Å². The summed E-state index contributed by atoms with van der Waals surface area (Å²) in [5.41, 5.74) is 0.745. The number of thiazole rings is 1. The Kier molecular flexibility index (Phi) is 5.36. The molecule has 1 aliphatic rings. The molecule has 0 saturated carbocycles. The van der Waals surface area contributed by atoms with Crippen molar-refractivity contribution in [1.29, 1.82) is 0 Å². The van der Waals surface area contributed by atoms with Crippen LogP contribution in [0.15, 0.2) is 23.1 Å². The molecule has 1 aromatic heterocycles. The lowest BCUT2D eigenvalue weighted by Crippen LogP contribution is -2.40. The maximum atomic E-state index is 12.7. The van der Waals surface area contributed by atoms with E-state index in [1.54, 1.807) is 18.2 Å². The van der Waals surface area contributed by atoms with Gasteiger partial charge in [-0.2, -0.15) is 4.31 Å². The molecule has 9 heteroatoms. The van der Waals surface area contributed by atoms with Crippen molar-refractivity contribution < 1.29 is 18.3 Å². The van der Waals surface area contributed by atoms with Gasteiger partial charge in [-0.05, 0) is 24.6 Å². The summed E-state index contributed by atoms with van der Waals surface area (Å²) in [7, 11) is -3.50. The Labute approximate surface area is 145 Å². The molecule has 0 bridgehead atoms. The number of hydrogen-bond acceptors (Lipinski definition) is 7. The molecule has 0 aliphatic carbocycles. The van der Waals surface area contributed by atoms with Crippen LogP contribution in [-0.4, -0.2) is 61.8 Å². The summed E-state index contributed by atoms with van der Waals surface area (Å²) in [6.45, 7) is 3.95. The van der Waals surface area contributed by atoms with E-state index in [0.717, 1.165) is 10.2 Å². The molecule has 1 saturated heterocycles. The van der Waals surface area contributed by atoms with Gasteiger partial charge in [-0.15, -0.1) is 0 Å². The van der Waals surface area contributed by atoms with Crippen LogP contribution in [0.3, 0.4) is 0 Å². The molecule has 0 radical (unpaired) electrons. The highest BCUT2D eigenvalue weighted by Crippen LogP contribution is 2.29. The quantitative estimate of drug-likeness (QED) is 0.800. The van der Waals surface area contributed by atoms with Crippen molar-refractivity contribution >= 4 is 36.7 Å². The molecule has 0 amide bonds. The molecule has 1 aliphatic heterocycles. The molecule has 2 N–H and O–H groups in total. The highest BCUT2D eigenvalue weighted by molar-refractivity contribution is 7.89. The molecule has 1 aromatic carbocycles. The van der Waals surface area contributed by atoms with E-state index >= 15 is 0 Å². The van der Waals surface area contributed by atoms with Crippen molar-refractivity contribution in [2.75, 3.05) is 38.2 Å². The molecule has 0 spiro atoms. The third-order valence-electron chi connectivity index (χ3n) is 3.93. The van der Waals surface area contributed by atoms with E-state index < -0.39 is 16.1 Å². The third kappa shape index (κ3) is 3.70. The molecular formula is C15H21N3O4S2. The first-order valence-corrected chi connectivity index (χ1v) is 10.2. The van der Waals surface area contributed by atoms with E-state index in [-0.39, 0.29) is 4.90 Å². The smallest absolute Gasteiger partial charge is 0.243 e. The van der Waals surface area contributed by atoms with E-state index in [2.05, 4.69) is 10.3 Å². The lowest BCUT2D eigenvalue weighted by Gasteiger charge is -2.25. The molecule has 1 atom stereocenters. The lowest BCUT2D eigenvalue weighted by molar-refractivity contribution is 0.0730. The van der Waals surface area contributed by atoms with E-state index in [1.165, 1.54) is 15.6 Å². The molecule has 2 aromatic rings. The number of nitrogens with one attached hydrogen (secondary N) is 1. The van der Waals surface area contributed by atoms with Crippen LogP contribution in [0.5, 0.6) is 0 Å². The van der Waals surface area contributed by atoms with Crippen LogP contribution in [0, 0.1) is 0 Å². The molecule has 132 valence electrons. The second kappa shape index (κ2) is 7.32. The molecule has 1 fully saturated rings. The van der Waals surface area contributed by atoms with Gasteiger partial charge in [0.1, 0.15) is 0 Å². The molecule has 1 unspecified atom stereocenters. The number of anilines is 1. The minimum absolute atomic E-state index is 0.278. The fourth-order valence-electron chi connectivity index (χ4n) is 2.43. The third-order valence-corrected chi connectivity index (χ3v) is 6.80. The predicted octanol–water partition coefficient (Wildman–Crippen LogP) is 1.50. The monoisotopic (exact) mass is 371 g/mol. The van der Waals surface area contributed by atoms with Crippen molar-refractivity contribution in [2.45, 2.75) is 24.3 Å². The predicted molar refractivity (Wildman–Crippen MR) is 94.0 cm³/mol.